The second kappa shape index (κ2) is 8.55. The standard InChI is InChI=1S/C32H26F2N4O2/c1-36-26-15-13-22(33)17-24(26)31(29(36)39)28(21-11-7-4-8-12-21)35-32(38(31)19-20-9-5-3-6-10-20)25-18-23(34)14-16-27(25)37(2)30(32)40/h3-18,28,35H,19H2,1-2H3/t28-,31-,32+/m0/s1. The van der Waals surface area contributed by atoms with Gasteiger partial charge in [-0.1, -0.05) is 60.7 Å². The van der Waals surface area contributed by atoms with E-state index < -0.39 is 28.9 Å². The number of carbonyl (C=O) groups is 2. The van der Waals surface area contributed by atoms with Gasteiger partial charge >= 0.3 is 0 Å². The minimum atomic E-state index is -1.62. The molecule has 4 aromatic carbocycles. The Bertz CT molecular complexity index is 1680. The highest BCUT2D eigenvalue weighted by Gasteiger charge is 2.73. The topological polar surface area (TPSA) is 55.9 Å². The molecule has 1 saturated heterocycles. The predicted molar refractivity (Wildman–Crippen MR) is 147 cm³/mol. The van der Waals surface area contributed by atoms with Gasteiger partial charge in [0.05, 0.1) is 11.7 Å². The molecule has 2 spiro atoms. The molecule has 1 N–H and O–H groups in total. The summed E-state index contributed by atoms with van der Waals surface area (Å²) in [6, 6.07) is 26.7. The number of carbonyl (C=O) groups excluding carboxylic acids is 2. The van der Waals surface area contributed by atoms with E-state index in [9.17, 15) is 14.0 Å². The number of benzene rings is 4. The molecule has 0 aliphatic carbocycles. The Balaban J connectivity index is 1.60. The Kier molecular flexibility index (Phi) is 5.26. The molecule has 4 aromatic rings. The number of amides is 2. The zero-order valence-electron chi connectivity index (χ0n) is 21.9. The van der Waals surface area contributed by atoms with Crippen molar-refractivity contribution in [3.05, 3.63) is 131 Å². The van der Waals surface area contributed by atoms with Crippen LogP contribution in [0.3, 0.4) is 0 Å². The van der Waals surface area contributed by atoms with Crippen molar-refractivity contribution in [2.24, 2.45) is 0 Å². The fourth-order valence-electron chi connectivity index (χ4n) is 6.88. The number of nitrogens with one attached hydrogen (secondary N) is 1. The summed E-state index contributed by atoms with van der Waals surface area (Å²) < 4.78 is 30.0. The van der Waals surface area contributed by atoms with E-state index >= 15 is 4.39 Å². The van der Waals surface area contributed by atoms with Crippen molar-refractivity contribution in [1.29, 1.82) is 0 Å². The van der Waals surface area contributed by atoms with Crippen LogP contribution in [0.2, 0.25) is 0 Å². The van der Waals surface area contributed by atoms with E-state index in [1.165, 1.54) is 34.1 Å². The van der Waals surface area contributed by atoms with Gasteiger partial charge in [-0.25, -0.2) is 13.7 Å². The molecule has 0 radical (unpaired) electrons. The maximum Gasteiger partial charge on any atom is 0.267 e. The van der Waals surface area contributed by atoms with Crippen molar-refractivity contribution in [3.8, 4) is 0 Å². The Morgan fingerprint density at radius 3 is 1.93 bits per heavy atom. The molecular weight excluding hydrogens is 510 g/mol. The quantitative estimate of drug-likeness (QED) is 0.408. The lowest BCUT2D eigenvalue weighted by atomic mass is 9.79. The summed E-state index contributed by atoms with van der Waals surface area (Å²) in [6.07, 6.45) is 0. The lowest BCUT2D eigenvalue weighted by Gasteiger charge is -2.42. The molecule has 3 aliphatic heterocycles. The van der Waals surface area contributed by atoms with E-state index in [0.29, 0.717) is 22.5 Å². The molecule has 2 amide bonds. The first kappa shape index (κ1) is 24.6. The molecule has 3 heterocycles. The second-order valence-corrected chi connectivity index (χ2v) is 10.6. The molecule has 3 aliphatic rings. The van der Waals surface area contributed by atoms with E-state index in [4.69, 9.17) is 0 Å². The van der Waals surface area contributed by atoms with Gasteiger partial charge in [-0.2, -0.15) is 0 Å². The van der Waals surface area contributed by atoms with Crippen molar-refractivity contribution in [3.63, 3.8) is 0 Å². The largest absolute Gasteiger partial charge is 0.313 e. The summed E-state index contributed by atoms with van der Waals surface area (Å²) in [5, 5.41) is 3.56. The average molecular weight is 537 g/mol. The highest BCUT2D eigenvalue weighted by molar-refractivity contribution is 6.12. The van der Waals surface area contributed by atoms with E-state index in [-0.39, 0.29) is 18.4 Å². The number of nitrogens with zero attached hydrogens (tertiary/aromatic N) is 3. The van der Waals surface area contributed by atoms with E-state index in [1.54, 1.807) is 26.2 Å². The molecule has 0 bridgehead atoms. The normalized spacial score (nSPS) is 25.4. The van der Waals surface area contributed by atoms with Crippen LogP contribution in [0.15, 0.2) is 97.1 Å². The first-order chi connectivity index (χ1) is 19.3. The van der Waals surface area contributed by atoms with Gasteiger partial charge in [0.2, 0.25) is 0 Å². The molecule has 3 atom stereocenters. The fraction of sp³-hybridized carbons (Fsp3) is 0.188. The van der Waals surface area contributed by atoms with Crippen LogP contribution in [0, 0.1) is 11.6 Å². The lowest BCUT2D eigenvalue weighted by Crippen LogP contribution is -2.60. The second-order valence-electron chi connectivity index (χ2n) is 10.6. The maximum atomic E-state index is 15.0. The molecule has 8 heteroatoms. The van der Waals surface area contributed by atoms with Crippen LogP contribution in [-0.4, -0.2) is 30.8 Å². The molecule has 0 aromatic heterocycles. The van der Waals surface area contributed by atoms with Gasteiger partial charge in [0.15, 0.2) is 11.2 Å². The minimum absolute atomic E-state index is 0.155. The number of halogens is 2. The van der Waals surface area contributed by atoms with Crippen LogP contribution in [0.5, 0.6) is 0 Å². The molecule has 40 heavy (non-hydrogen) atoms. The fourth-order valence-corrected chi connectivity index (χ4v) is 6.88. The summed E-state index contributed by atoms with van der Waals surface area (Å²) >= 11 is 0. The number of hydrogen-bond acceptors (Lipinski definition) is 4. The van der Waals surface area contributed by atoms with Gasteiger partial charge in [-0.05, 0) is 47.5 Å². The van der Waals surface area contributed by atoms with Gasteiger partial charge in [0.1, 0.15) is 11.6 Å². The number of likely N-dealkylation sites (N-methyl/N-ethyl adjacent to an activating group) is 2. The van der Waals surface area contributed by atoms with Crippen molar-refractivity contribution >= 4 is 23.2 Å². The highest BCUT2D eigenvalue weighted by atomic mass is 19.1. The number of rotatable bonds is 3. The Morgan fingerprint density at radius 2 is 1.27 bits per heavy atom. The van der Waals surface area contributed by atoms with Crippen LogP contribution < -0.4 is 15.1 Å². The van der Waals surface area contributed by atoms with Crippen molar-refractivity contribution in [2.45, 2.75) is 23.8 Å². The van der Waals surface area contributed by atoms with E-state index in [0.717, 1.165) is 11.1 Å². The smallest absolute Gasteiger partial charge is 0.267 e. The van der Waals surface area contributed by atoms with Crippen LogP contribution in [0.25, 0.3) is 0 Å². The molecule has 1 fully saturated rings. The van der Waals surface area contributed by atoms with Gasteiger partial charge < -0.3 is 9.80 Å². The summed E-state index contributed by atoms with van der Waals surface area (Å²) in [6.45, 7) is 0.155. The third-order valence-corrected chi connectivity index (χ3v) is 8.60. The van der Waals surface area contributed by atoms with Gasteiger partial charge in [0, 0.05) is 37.5 Å². The van der Waals surface area contributed by atoms with Crippen molar-refractivity contribution in [2.75, 3.05) is 23.9 Å². The summed E-state index contributed by atoms with van der Waals surface area (Å²) in [5.74, 6) is -1.64. The SMILES string of the molecule is CN1C(=O)[C@@]2(N[C@@H](c3ccccc3)[C@@]3(C(=O)N(C)c4ccc(F)cc43)N2Cc2ccccc2)c2cc(F)ccc21. The molecular formula is C32H26F2N4O2. The predicted octanol–water partition coefficient (Wildman–Crippen LogP) is 4.81. The van der Waals surface area contributed by atoms with Gasteiger partial charge in [-0.3, -0.25) is 14.9 Å². The summed E-state index contributed by atoms with van der Waals surface area (Å²) in [5.41, 5.74) is 0.403. The Labute approximate surface area is 230 Å². The van der Waals surface area contributed by atoms with Gasteiger partial charge in [-0.15, -0.1) is 0 Å². The third-order valence-electron chi connectivity index (χ3n) is 8.60. The van der Waals surface area contributed by atoms with Crippen molar-refractivity contribution in [1.82, 2.24) is 10.2 Å². The zero-order chi connectivity index (χ0) is 27.8. The molecule has 6 nitrogen and oxygen atoms in total. The third kappa shape index (κ3) is 3.03. The van der Waals surface area contributed by atoms with E-state index in [1.807, 2.05) is 65.6 Å². The first-order valence-corrected chi connectivity index (χ1v) is 13.1. The summed E-state index contributed by atoms with van der Waals surface area (Å²) in [4.78, 5) is 34.1. The zero-order valence-corrected chi connectivity index (χ0v) is 21.9. The van der Waals surface area contributed by atoms with Gasteiger partial charge in [0.25, 0.3) is 11.8 Å². The maximum absolute atomic E-state index is 15.0. The van der Waals surface area contributed by atoms with Crippen LogP contribution in [0.1, 0.15) is 28.3 Å². The number of hydrogen-bond donors (Lipinski definition) is 1. The Morgan fingerprint density at radius 1 is 0.725 bits per heavy atom. The minimum Gasteiger partial charge on any atom is -0.313 e. The van der Waals surface area contributed by atoms with Crippen LogP contribution >= 0.6 is 0 Å². The van der Waals surface area contributed by atoms with E-state index in [2.05, 4.69) is 5.32 Å². The van der Waals surface area contributed by atoms with Crippen LogP contribution in [-0.2, 0) is 27.3 Å². The first-order valence-electron chi connectivity index (χ1n) is 13.1. The average Bonchev–Trinajstić information content (AvgIpc) is 3.47. The molecule has 0 saturated carbocycles. The summed E-state index contributed by atoms with van der Waals surface area (Å²) in [7, 11) is 3.31. The van der Waals surface area contributed by atoms with Crippen LogP contribution in [0.4, 0.5) is 20.2 Å². The number of fused-ring (bicyclic) bond motifs is 4. The lowest BCUT2D eigenvalue weighted by molar-refractivity contribution is -0.139. The molecule has 0 unspecified atom stereocenters. The number of anilines is 2. The van der Waals surface area contributed by atoms with Crippen molar-refractivity contribution < 1.29 is 18.4 Å². The Hall–Kier alpha value is -4.40. The molecule has 200 valence electrons. The highest BCUT2D eigenvalue weighted by Crippen LogP contribution is 2.62. The molecule has 7 rings (SSSR count). The monoisotopic (exact) mass is 536 g/mol.